The van der Waals surface area contributed by atoms with Crippen molar-refractivity contribution in [2.75, 3.05) is 6.61 Å². The highest BCUT2D eigenvalue weighted by Gasteiger charge is 2.13. The summed E-state index contributed by atoms with van der Waals surface area (Å²) in [6.07, 6.45) is 0. The fourth-order valence-electron chi connectivity index (χ4n) is 3.03. The summed E-state index contributed by atoms with van der Waals surface area (Å²) >= 11 is 18.1. The lowest BCUT2D eigenvalue weighted by molar-refractivity contribution is 0.297. The van der Waals surface area contributed by atoms with Crippen LogP contribution in [0.2, 0.25) is 15.1 Å². The molecule has 146 valence electrons. The third-order valence-corrected chi connectivity index (χ3v) is 5.21. The van der Waals surface area contributed by atoms with E-state index in [4.69, 9.17) is 44.5 Å². The van der Waals surface area contributed by atoms with Crippen LogP contribution in [0.1, 0.15) is 0 Å². The van der Waals surface area contributed by atoms with Crippen LogP contribution in [0.15, 0.2) is 71.5 Å². The maximum absolute atomic E-state index is 13.1. The Balaban J connectivity index is 1.71. The zero-order valence-electron chi connectivity index (χ0n) is 15.1. The Morgan fingerprint density at radius 1 is 0.897 bits per heavy atom. The fraction of sp³-hybridized carbons (Fsp3) is 0.0909. The number of aromatic nitrogens is 2. The topological polar surface area (TPSA) is 44.1 Å². The van der Waals surface area contributed by atoms with Crippen LogP contribution in [-0.4, -0.2) is 16.2 Å². The summed E-state index contributed by atoms with van der Waals surface area (Å²) in [5.41, 5.74) is 1.30. The molecule has 0 aliphatic carbocycles. The molecule has 4 aromatic rings. The van der Waals surface area contributed by atoms with Crippen molar-refractivity contribution in [1.82, 2.24) is 9.55 Å². The summed E-state index contributed by atoms with van der Waals surface area (Å²) in [7, 11) is 0. The zero-order valence-corrected chi connectivity index (χ0v) is 17.4. The molecule has 0 saturated carbocycles. The minimum absolute atomic E-state index is 0.133. The van der Waals surface area contributed by atoms with E-state index in [9.17, 15) is 4.79 Å². The highest BCUT2D eigenvalue weighted by molar-refractivity contribution is 6.35. The number of fused-ring (bicyclic) bond motifs is 1. The van der Waals surface area contributed by atoms with Gasteiger partial charge in [0.15, 0.2) is 0 Å². The molecule has 0 aliphatic rings. The van der Waals surface area contributed by atoms with E-state index in [1.54, 1.807) is 41.0 Å². The van der Waals surface area contributed by atoms with Gasteiger partial charge in [0.1, 0.15) is 18.2 Å². The van der Waals surface area contributed by atoms with Gasteiger partial charge in [-0.25, -0.2) is 4.98 Å². The van der Waals surface area contributed by atoms with E-state index in [1.165, 1.54) is 0 Å². The van der Waals surface area contributed by atoms with Crippen molar-refractivity contribution in [3.63, 3.8) is 0 Å². The van der Waals surface area contributed by atoms with Crippen LogP contribution in [0.4, 0.5) is 0 Å². The molecule has 0 aliphatic heterocycles. The molecule has 0 unspecified atom stereocenters. The van der Waals surface area contributed by atoms with E-state index in [2.05, 4.69) is 0 Å². The summed E-state index contributed by atoms with van der Waals surface area (Å²) in [5, 5.41) is 2.11. The van der Waals surface area contributed by atoms with Gasteiger partial charge in [-0.1, -0.05) is 46.9 Å². The number of hydrogen-bond donors (Lipinski definition) is 0. The highest BCUT2D eigenvalue weighted by atomic mass is 35.5. The quantitative estimate of drug-likeness (QED) is 0.373. The van der Waals surface area contributed by atoms with Crippen LogP contribution < -0.4 is 10.3 Å². The minimum Gasteiger partial charge on any atom is -0.490 e. The van der Waals surface area contributed by atoms with Crippen molar-refractivity contribution >= 4 is 45.7 Å². The number of hydrogen-bond acceptors (Lipinski definition) is 3. The Hall–Kier alpha value is -2.53. The molecule has 0 atom stereocenters. The van der Waals surface area contributed by atoms with Gasteiger partial charge in [0.25, 0.3) is 5.56 Å². The van der Waals surface area contributed by atoms with Crippen molar-refractivity contribution in [1.29, 1.82) is 0 Å². The third-order valence-electron chi connectivity index (χ3n) is 4.43. The minimum atomic E-state index is -0.133. The Labute approximate surface area is 182 Å². The van der Waals surface area contributed by atoms with Crippen LogP contribution >= 0.6 is 34.8 Å². The molecule has 7 heteroatoms. The monoisotopic (exact) mass is 444 g/mol. The number of benzene rings is 3. The van der Waals surface area contributed by atoms with Crippen LogP contribution in [0, 0.1) is 0 Å². The van der Waals surface area contributed by atoms with Gasteiger partial charge >= 0.3 is 0 Å². The van der Waals surface area contributed by atoms with Gasteiger partial charge in [-0.3, -0.25) is 9.36 Å². The van der Waals surface area contributed by atoms with Crippen molar-refractivity contribution < 1.29 is 4.74 Å². The highest BCUT2D eigenvalue weighted by Crippen LogP contribution is 2.27. The third kappa shape index (κ3) is 4.25. The van der Waals surface area contributed by atoms with Crippen molar-refractivity contribution in [3.8, 4) is 17.1 Å². The second-order valence-electron chi connectivity index (χ2n) is 6.34. The summed E-state index contributed by atoms with van der Waals surface area (Å²) in [6, 6.07) is 19.5. The molecule has 4 rings (SSSR count). The van der Waals surface area contributed by atoms with Gasteiger partial charge in [0.2, 0.25) is 0 Å². The second kappa shape index (κ2) is 8.46. The fourth-order valence-corrected chi connectivity index (χ4v) is 3.62. The molecule has 0 radical (unpaired) electrons. The number of nitrogens with zero attached hydrogens (tertiary/aromatic N) is 2. The molecule has 1 aromatic heterocycles. The predicted molar refractivity (Wildman–Crippen MR) is 118 cm³/mol. The summed E-state index contributed by atoms with van der Waals surface area (Å²) in [5.74, 6) is 1.06. The first-order valence-corrected chi connectivity index (χ1v) is 10.00. The van der Waals surface area contributed by atoms with Gasteiger partial charge < -0.3 is 4.74 Å². The molecule has 0 N–H and O–H groups in total. The molecular weight excluding hydrogens is 431 g/mol. The lowest BCUT2D eigenvalue weighted by atomic mass is 10.2. The Kier molecular flexibility index (Phi) is 5.76. The number of rotatable bonds is 5. The molecule has 1 heterocycles. The van der Waals surface area contributed by atoms with Crippen molar-refractivity contribution in [3.05, 3.63) is 92.2 Å². The predicted octanol–water partition coefficient (Wildman–Crippen LogP) is 6.10. The van der Waals surface area contributed by atoms with E-state index in [-0.39, 0.29) is 12.2 Å². The molecule has 4 nitrogen and oxygen atoms in total. The SMILES string of the molecule is O=c1c2ccccc2nc(-c2ccc(Cl)cc2)n1CCOc1ccc(Cl)cc1Cl. The molecule has 0 spiro atoms. The molecule has 3 aromatic carbocycles. The molecule has 29 heavy (non-hydrogen) atoms. The Bertz CT molecular complexity index is 1240. The van der Waals surface area contributed by atoms with E-state index in [0.29, 0.717) is 44.1 Å². The molecule has 0 amide bonds. The maximum atomic E-state index is 13.1. The lowest BCUT2D eigenvalue weighted by Gasteiger charge is -2.15. The smallest absolute Gasteiger partial charge is 0.261 e. The zero-order chi connectivity index (χ0) is 20.4. The summed E-state index contributed by atoms with van der Waals surface area (Å²) < 4.78 is 7.38. The van der Waals surface area contributed by atoms with Crippen molar-refractivity contribution in [2.24, 2.45) is 0 Å². The van der Waals surface area contributed by atoms with Gasteiger partial charge in [-0.2, -0.15) is 0 Å². The molecule has 0 fully saturated rings. The Morgan fingerprint density at radius 2 is 1.62 bits per heavy atom. The van der Waals surface area contributed by atoms with Gasteiger partial charge in [-0.05, 0) is 54.6 Å². The molecule has 0 saturated heterocycles. The van der Waals surface area contributed by atoms with E-state index < -0.39 is 0 Å². The van der Waals surface area contributed by atoms with Gasteiger partial charge in [-0.15, -0.1) is 0 Å². The second-order valence-corrected chi connectivity index (χ2v) is 7.62. The van der Waals surface area contributed by atoms with Crippen molar-refractivity contribution in [2.45, 2.75) is 6.54 Å². The van der Waals surface area contributed by atoms with Crippen LogP contribution in [0.25, 0.3) is 22.3 Å². The summed E-state index contributed by atoms with van der Waals surface area (Å²) in [4.78, 5) is 17.9. The van der Waals surface area contributed by atoms with Gasteiger partial charge in [0, 0.05) is 15.6 Å². The first-order chi connectivity index (χ1) is 14.0. The molecule has 0 bridgehead atoms. The number of para-hydroxylation sites is 1. The standard InChI is InChI=1S/C22H15Cl3N2O2/c23-15-7-5-14(6-8-15)21-26-19-4-2-1-3-17(19)22(28)27(21)11-12-29-20-10-9-16(24)13-18(20)25/h1-10,13H,11-12H2. The van der Waals surface area contributed by atoms with Crippen LogP contribution in [-0.2, 0) is 6.54 Å². The maximum Gasteiger partial charge on any atom is 0.261 e. The number of halogens is 3. The molecular formula is C22H15Cl3N2O2. The summed E-state index contributed by atoms with van der Waals surface area (Å²) in [6.45, 7) is 0.537. The Morgan fingerprint density at radius 3 is 2.38 bits per heavy atom. The normalized spacial score (nSPS) is 11.0. The average Bonchev–Trinajstić information content (AvgIpc) is 2.71. The first kappa shape index (κ1) is 19.8. The largest absolute Gasteiger partial charge is 0.490 e. The lowest BCUT2D eigenvalue weighted by Crippen LogP contribution is -2.26. The van der Waals surface area contributed by atoms with E-state index in [1.807, 2.05) is 30.3 Å². The number of ether oxygens (including phenoxy) is 1. The van der Waals surface area contributed by atoms with Crippen LogP contribution in [0.3, 0.4) is 0 Å². The van der Waals surface area contributed by atoms with Gasteiger partial charge in [0.05, 0.1) is 22.5 Å². The average molecular weight is 446 g/mol. The van der Waals surface area contributed by atoms with Crippen LogP contribution in [0.5, 0.6) is 5.75 Å². The first-order valence-electron chi connectivity index (χ1n) is 8.86. The van der Waals surface area contributed by atoms with E-state index in [0.717, 1.165) is 5.56 Å². The van der Waals surface area contributed by atoms with E-state index >= 15 is 0 Å².